The van der Waals surface area contributed by atoms with E-state index in [1.54, 1.807) is 7.11 Å². The van der Waals surface area contributed by atoms with Crippen molar-refractivity contribution in [2.24, 2.45) is 0 Å². The first-order chi connectivity index (χ1) is 12.4. The quantitative estimate of drug-likeness (QED) is 0.875. The molecule has 0 radical (unpaired) electrons. The smallest absolute Gasteiger partial charge is 0.224 e. The minimum Gasteiger partial charge on any atom is -0.497 e. The Morgan fingerprint density at radius 3 is 2.54 bits per heavy atom. The van der Waals surface area contributed by atoms with Crippen molar-refractivity contribution in [2.75, 3.05) is 7.11 Å². The monoisotopic (exact) mass is 353 g/mol. The Balaban J connectivity index is 1.75. The molecule has 0 fully saturated rings. The number of carbonyl (C=O) groups excluding carboxylic acids is 1. The number of fused-ring (bicyclic) bond motifs is 1. The van der Waals surface area contributed by atoms with E-state index in [4.69, 9.17) is 9.47 Å². The van der Waals surface area contributed by atoms with Gasteiger partial charge in [-0.25, -0.2) is 0 Å². The van der Waals surface area contributed by atoms with Crippen LogP contribution >= 0.6 is 0 Å². The van der Waals surface area contributed by atoms with Gasteiger partial charge in [0.15, 0.2) is 0 Å². The van der Waals surface area contributed by atoms with Crippen molar-refractivity contribution in [3.05, 3.63) is 59.2 Å². The minimum absolute atomic E-state index is 0.0266. The van der Waals surface area contributed by atoms with Gasteiger partial charge in [-0.2, -0.15) is 0 Å². The molecule has 0 saturated carbocycles. The fourth-order valence-corrected chi connectivity index (χ4v) is 3.41. The van der Waals surface area contributed by atoms with Gasteiger partial charge >= 0.3 is 0 Å². The molecular formula is C22H27NO3. The Bertz CT molecular complexity index is 780. The number of carbonyl (C=O) groups is 1. The number of rotatable bonds is 5. The zero-order chi connectivity index (χ0) is 18.7. The van der Waals surface area contributed by atoms with Crippen molar-refractivity contribution < 1.29 is 14.3 Å². The molecule has 0 aliphatic carbocycles. The van der Waals surface area contributed by atoms with Gasteiger partial charge in [-0.1, -0.05) is 31.2 Å². The first-order valence-corrected chi connectivity index (χ1v) is 9.14. The highest BCUT2D eigenvalue weighted by molar-refractivity contribution is 5.79. The van der Waals surface area contributed by atoms with E-state index in [1.165, 1.54) is 5.56 Å². The maximum absolute atomic E-state index is 12.6. The number of aryl methyl sites for hydroxylation is 1. The number of methoxy groups -OCH3 is 1. The van der Waals surface area contributed by atoms with Gasteiger partial charge in [0, 0.05) is 18.1 Å². The third kappa shape index (κ3) is 4.18. The molecule has 2 aromatic rings. The van der Waals surface area contributed by atoms with E-state index in [9.17, 15) is 4.79 Å². The zero-order valence-electron chi connectivity index (χ0n) is 16.0. The normalized spacial score (nSPS) is 17.8. The molecule has 1 aliphatic rings. The molecule has 1 atom stereocenters. The Morgan fingerprint density at radius 2 is 1.88 bits per heavy atom. The van der Waals surface area contributed by atoms with Crippen molar-refractivity contribution >= 4 is 5.91 Å². The molecule has 0 spiro atoms. The first-order valence-electron chi connectivity index (χ1n) is 9.14. The van der Waals surface area contributed by atoms with Gasteiger partial charge in [0.1, 0.15) is 17.1 Å². The van der Waals surface area contributed by atoms with Gasteiger partial charge in [0.25, 0.3) is 0 Å². The van der Waals surface area contributed by atoms with Crippen LogP contribution in [0.3, 0.4) is 0 Å². The summed E-state index contributed by atoms with van der Waals surface area (Å²) in [5.41, 5.74) is 2.96. The summed E-state index contributed by atoms with van der Waals surface area (Å²) in [4.78, 5) is 12.6. The number of ether oxygens (including phenoxy) is 2. The van der Waals surface area contributed by atoms with Gasteiger partial charge in [0.05, 0.1) is 19.6 Å². The molecule has 4 nitrogen and oxygen atoms in total. The van der Waals surface area contributed by atoms with Gasteiger partial charge in [-0.3, -0.25) is 4.79 Å². The highest BCUT2D eigenvalue weighted by atomic mass is 16.5. The molecule has 1 aliphatic heterocycles. The SMILES string of the molecule is CCc1ccc(CC(=O)N[C@@H]2CC(C)(C)Oc3cc(OC)ccc32)cc1. The Morgan fingerprint density at radius 1 is 1.19 bits per heavy atom. The highest BCUT2D eigenvalue weighted by Gasteiger charge is 2.34. The summed E-state index contributed by atoms with van der Waals surface area (Å²) in [5.74, 6) is 1.56. The van der Waals surface area contributed by atoms with Crippen molar-refractivity contribution in [3.8, 4) is 11.5 Å². The van der Waals surface area contributed by atoms with E-state index in [-0.39, 0.29) is 17.6 Å². The maximum Gasteiger partial charge on any atom is 0.224 e. The average molecular weight is 353 g/mol. The van der Waals surface area contributed by atoms with Gasteiger partial charge in [-0.15, -0.1) is 0 Å². The average Bonchev–Trinajstić information content (AvgIpc) is 2.60. The van der Waals surface area contributed by atoms with E-state index >= 15 is 0 Å². The molecule has 1 amide bonds. The predicted molar refractivity (Wildman–Crippen MR) is 103 cm³/mol. The highest BCUT2D eigenvalue weighted by Crippen LogP contribution is 2.41. The second kappa shape index (κ2) is 7.40. The maximum atomic E-state index is 12.6. The van der Waals surface area contributed by atoms with Crippen LogP contribution in [0.1, 0.15) is 49.9 Å². The van der Waals surface area contributed by atoms with Crippen molar-refractivity contribution in [1.82, 2.24) is 5.32 Å². The summed E-state index contributed by atoms with van der Waals surface area (Å²) in [5, 5.41) is 3.19. The molecule has 0 aromatic heterocycles. The molecular weight excluding hydrogens is 326 g/mol. The predicted octanol–water partition coefficient (Wildman–Crippen LogP) is 4.22. The molecule has 1 heterocycles. The number of hydrogen-bond donors (Lipinski definition) is 1. The van der Waals surface area contributed by atoms with Crippen LogP contribution in [0.15, 0.2) is 42.5 Å². The lowest BCUT2D eigenvalue weighted by molar-refractivity contribution is -0.121. The molecule has 4 heteroatoms. The van der Waals surface area contributed by atoms with Crippen molar-refractivity contribution in [1.29, 1.82) is 0 Å². The third-order valence-electron chi connectivity index (χ3n) is 4.81. The summed E-state index contributed by atoms with van der Waals surface area (Å²) in [6.07, 6.45) is 2.12. The van der Waals surface area contributed by atoms with E-state index in [1.807, 2.05) is 44.2 Å². The van der Waals surface area contributed by atoms with E-state index in [2.05, 4.69) is 24.4 Å². The van der Waals surface area contributed by atoms with E-state index in [0.29, 0.717) is 6.42 Å². The lowest BCUT2D eigenvalue weighted by Gasteiger charge is -2.38. The first kappa shape index (κ1) is 18.3. The lowest BCUT2D eigenvalue weighted by Crippen LogP contribution is -2.41. The van der Waals surface area contributed by atoms with Gasteiger partial charge in [0.2, 0.25) is 5.91 Å². The number of amides is 1. The van der Waals surface area contributed by atoms with Crippen LogP contribution in [0.4, 0.5) is 0 Å². The summed E-state index contributed by atoms with van der Waals surface area (Å²) < 4.78 is 11.4. The fraction of sp³-hybridized carbons (Fsp3) is 0.409. The molecule has 0 saturated heterocycles. The van der Waals surface area contributed by atoms with Crippen LogP contribution < -0.4 is 14.8 Å². The summed E-state index contributed by atoms with van der Waals surface area (Å²) >= 11 is 0. The molecule has 2 aromatic carbocycles. The largest absolute Gasteiger partial charge is 0.497 e. The van der Waals surface area contributed by atoms with Crippen LogP contribution in [-0.2, 0) is 17.6 Å². The van der Waals surface area contributed by atoms with Crippen LogP contribution in [0, 0.1) is 0 Å². The van der Waals surface area contributed by atoms with Crippen molar-refractivity contribution in [3.63, 3.8) is 0 Å². The van der Waals surface area contributed by atoms with Crippen LogP contribution in [0.25, 0.3) is 0 Å². The molecule has 138 valence electrons. The molecule has 0 bridgehead atoms. The minimum atomic E-state index is -0.347. The summed E-state index contributed by atoms with van der Waals surface area (Å²) in [6, 6.07) is 13.9. The molecule has 1 N–H and O–H groups in total. The standard InChI is InChI=1S/C22H27NO3/c1-5-15-6-8-16(9-7-15)12-21(24)23-19-14-22(2,3)26-20-13-17(25-4)10-11-18(19)20/h6-11,13,19H,5,12,14H2,1-4H3,(H,23,24)/t19-/m1/s1. The third-order valence-corrected chi connectivity index (χ3v) is 4.81. The molecule has 3 rings (SSSR count). The molecule has 26 heavy (non-hydrogen) atoms. The zero-order valence-corrected chi connectivity index (χ0v) is 16.0. The second-order valence-corrected chi connectivity index (χ2v) is 7.44. The fourth-order valence-electron chi connectivity index (χ4n) is 3.41. The van der Waals surface area contributed by atoms with E-state index < -0.39 is 0 Å². The summed E-state index contributed by atoms with van der Waals surface area (Å²) in [7, 11) is 1.64. The lowest BCUT2D eigenvalue weighted by atomic mass is 9.89. The Kier molecular flexibility index (Phi) is 5.21. The Hall–Kier alpha value is -2.49. The van der Waals surface area contributed by atoms with E-state index in [0.717, 1.165) is 35.5 Å². The van der Waals surface area contributed by atoms with Crippen molar-refractivity contribution in [2.45, 2.75) is 51.7 Å². The topological polar surface area (TPSA) is 47.6 Å². The number of nitrogens with one attached hydrogen (secondary N) is 1. The van der Waals surface area contributed by atoms with Crippen LogP contribution in [0.5, 0.6) is 11.5 Å². The number of hydrogen-bond acceptors (Lipinski definition) is 3. The van der Waals surface area contributed by atoms with Gasteiger partial charge in [-0.05, 0) is 43.5 Å². The molecule has 0 unspecified atom stereocenters. The summed E-state index contributed by atoms with van der Waals surface area (Å²) in [6.45, 7) is 6.21. The van der Waals surface area contributed by atoms with Crippen LogP contribution in [-0.4, -0.2) is 18.6 Å². The van der Waals surface area contributed by atoms with Crippen LogP contribution in [0.2, 0.25) is 0 Å². The number of benzene rings is 2. The second-order valence-electron chi connectivity index (χ2n) is 7.44. The Labute approximate surface area is 155 Å². The van der Waals surface area contributed by atoms with Gasteiger partial charge < -0.3 is 14.8 Å².